The van der Waals surface area contributed by atoms with Gasteiger partial charge in [0.25, 0.3) is 15.9 Å². The second kappa shape index (κ2) is 8.32. The number of carbonyl (C=O) groups excluding carboxylic acids is 2. The van der Waals surface area contributed by atoms with Gasteiger partial charge in [0, 0.05) is 0 Å². The normalized spacial score (nSPS) is 16.9. The van der Waals surface area contributed by atoms with Crippen LogP contribution in [0.15, 0.2) is 53.4 Å². The lowest BCUT2D eigenvalue weighted by Crippen LogP contribution is -2.45. The standard InChI is InChI=1S/C22H27N3O5S/c1-15-8-10-19(11-9-15)31(29,30)25(17-7-5-6-16(2)12-17)14-18(26)13-24-20(27)22(3,4)23-21(24)28/h5-12,18,26H,13-14H2,1-4H3,(H,23,28)/t18-/m1/s1. The van der Waals surface area contributed by atoms with Crippen molar-refractivity contribution in [3.8, 4) is 0 Å². The Bertz CT molecular complexity index is 1100. The van der Waals surface area contributed by atoms with Crippen molar-refractivity contribution in [3.05, 3.63) is 59.7 Å². The Morgan fingerprint density at radius 1 is 1.06 bits per heavy atom. The number of urea groups is 1. The Kier molecular flexibility index (Phi) is 6.11. The smallest absolute Gasteiger partial charge is 0.325 e. The third-order valence-corrected chi connectivity index (χ3v) is 6.92. The summed E-state index contributed by atoms with van der Waals surface area (Å²) in [6.45, 7) is 6.20. The van der Waals surface area contributed by atoms with E-state index in [2.05, 4.69) is 5.32 Å². The summed E-state index contributed by atoms with van der Waals surface area (Å²) in [5, 5.41) is 13.2. The summed E-state index contributed by atoms with van der Waals surface area (Å²) in [5.41, 5.74) is 1.09. The van der Waals surface area contributed by atoms with Crippen LogP contribution in [-0.2, 0) is 14.8 Å². The highest BCUT2D eigenvalue weighted by Gasteiger charge is 2.45. The molecule has 31 heavy (non-hydrogen) atoms. The maximum Gasteiger partial charge on any atom is 0.325 e. The van der Waals surface area contributed by atoms with Gasteiger partial charge < -0.3 is 10.4 Å². The summed E-state index contributed by atoms with van der Waals surface area (Å²) < 4.78 is 27.9. The zero-order valence-electron chi connectivity index (χ0n) is 18.0. The van der Waals surface area contributed by atoms with Crippen LogP contribution >= 0.6 is 0 Å². The van der Waals surface area contributed by atoms with E-state index in [0.717, 1.165) is 20.3 Å². The van der Waals surface area contributed by atoms with Gasteiger partial charge in [-0.1, -0.05) is 29.8 Å². The van der Waals surface area contributed by atoms with Crippen molar-refractivity contribution < 1.29 is 23.1 Å². The molecule has 166 valence electrons. The van der Waals surface area contributed by atoms with Gasteiger partial charge in [0.15, 0.2) is 0 Å². The van der Waals surface area contributed by atoms with Crippen molar-refractivity contribution in [2.45, 2.75) is 44.2 Å². The average molecular weight is 446 g/mol. The zero-order chi connectivity index (χ0) is 23.0. The molecule has 2 aromatic rings. The third-order valence-electron chi connectivity index (χ3n) is 5.11. The van der Waals surface area contributed by atoms with Crippen molar-refractivity contribution >= 4 is 27.6 Å². The Morgan fingerprint density at radius 3 is 2.26 bits per heavy atom. The van der Waals surface area contributed by atoms with E-state index in [1.165, 1.54) is 12.1 Å². The number of sulfonamides is 1. The van der Waals surface area contributed by atoms with Crippen LogP contribution in [0.4, 0.5) is 10.5 Å². The summed E-state index contributed by atoms with van der Waals surface area (Å²) in [5.74, 6) is -0.472. The van der Waals surface area contributed by atoms with Crippen molar-refractivity contribution in [1.29, 1.82) is 0 Å². The van der Waals surface area contributed by atoms with Gasteiger partial charge in [0.2, 0.25) is 0 Å². The number of nitrogens with zero attached hydrogens (tertiary/aromatic N) is 2. The number of rotatable bonds is 7. The van der Waals surface area contributed by atoms with Crippen LogP contribution in [-0.4, -0.2) is 55.1 Å². The van der Waals surface area contributed by atoms with E-state index in [4.69, 9.17) is 0 Å². The molecule has 1 atom stereocenters. The number of aryl methyl sites for hydroxylation is 2. The predicted octanol–water partition coefficient (Wildman–Crippen LogP) is 2.19. The highest BCUT2D eigenvalue weighted by Crippen LogP contribution is 2.26. The van der Waals surface area contributed by atoms with Crippen LogP contribution in [0.5, 0.6) is 0 Å². The second-order valence-electron chi connectivity index (χ2n) is 8.31. The first-order valence-electron chi connectivity index (χ1n) is 9.90. The van der Waals surface area contributed by atoms with E-state index in [0.29, 0.717) is 5.69 Å². The second-order valence-corrected chi connectivity index (χ2v) is 10.2. The molecular weight excluding hydrogens is 418 g/mol. The van der Waals surface area contributed by atoms with Crippen LogP contribution in [0.1, 0.15) is 25.0 Å². The lowest BCUT2D eigenvalue weighted by atomic mass is 10.1. The van der Waals surface area contributed by atoms with Crippen LogP contribution in [0.2, 0.25) is 0 Å². The maximum absolute atomic E-state index is 13.4. The van der Waals surface area contributed by atoms with Gasteiger partial charge in [-0.05, 0) is 57.5 Å². The van der Waals surface area contributed by atoms with Gasteiger partial charge in [-0.25, -0.2) is 13.2 Å². The summed E-state index contributed by atoms with van der Waals surface area (Å²) in [7, 11) is -4.00. The molecule has 0 radical (unpaired) electrons. The summed E-state index contributed by atoms with van der Waals surface area (Å²) >= 11 is 0. The number of benzene rings is 2. The number of hydrogen-bond donors (Lipinski definition) is 2. The van der Waals surface area contributed by atoms with E-state index < -0.39 is 33.6 Å². The first-order valence-corrected chi connectivity index (χ1v) is 11.3. The van der Waals surface area contributed by atoms with Gasteiger partial charge in [-0.3, -0.25) is 14.0 Å². The average Bonchev–Trinajstić information content (AvgIpc) is 2.88. The van der Waals surface area contributed by atoms with Crippen LogP contribution in [0.3, 0.4) is 0 Å². The van der Waals surface area contributed by atoms with Gasteiger partial charge in [-0.2, -0.15) is 0 Å². The van der Waals surface area contributed by atoms with Crippen molar-refractivity contribution in [2.24, 2.45) is 0 Å². The van der Waals surface area contributed by atoms with E-state index in [-0.39, 0.29) is 18.0 Å². The fourth-order valence-electron chi connectivity index (χ4n) is 3.41. The number of β-amino-alcohol motifs (C(OH)–C–C–N with tert-alkyl or cyclic N) is 1. The van der Waals surface area contributed by atoms with Gasteiger partial charge in [0.1, 0.15) is 5.54 Å². The number of aliphatic hydroxyl groups excluding tert-OH is 1. The zero-order valence-corrected chi connectivity index (χ0v) is 18.8. The number of nitrogens with one attached hydrogen (secondary N) is 1. The SMILES string of the molecule is Cc1ccc(S(=O)(=O)N(C[C@H](O)CN2C(=O)NC(C)(C)C2=O)c2cccc(C)c2)cc1. The van der Waals surface area contributed by atoms with Gasteiger partial charge >= 0.3 is 6.03 Å². The van der Waals surface area contributed by atoms with Crippen LogP contribution in [0.25, 0.3) is 0 Å². The Morgan fingerprint density at radius 2 is 1.71 bits per heavy atom. The first kappa shape index (κ1) is 22.8. The van der Waals surface area contributed by atoms with E-state index in [9.17, 15) is 23.1 Å². The molecule has 0 unspecified atom stereocenters. The molecule has 1 aliphatic rings. The number of carbonyl (C=O) groups is 2. The molecule has 1 fully saturated rings. The van der Waals surface area contributed by atoms with Gasteiger partial charge in [-0.15, -0.1) is 0 Å². The molecule has 0 spiro atoms. The minimum Gasteiger partial charge on any atom is -0.389 e. The highest BCUT2D eigenvalue weighted by molar-refractivity contribution is 7.92. The van der Waals surface area contributed by atoms with Crippen LogP contribution in [0, 0.1) is 13.8 Å². The van der Waals surface area contributed by atoms with Crippen molar-refractivity contribution in [2.75, 3.05) is 17.4 Å². The quantitative estimate of drug-likeness (QED) is 0.636. The minimum atomic E-state index is -4.00. The number of anilines is 1. The molecule has 0 aliphatic carbocycles. The third kappa shape index (κ3) is 4.72. The molecule has 0 saturated carbocycles. The highest BCUT2D eigenvalue weighted by atomic mass is 32.2. The number of aliphatic hydroxyl groups is 1. The van der Waals surface area contributed by atoms with Crippen LogP contribution < -0.4 is 9.62 Å². The van der Waals surface area contributed by atoms with Crippen molar-refractivity contribution in [3.63, 3.8) is 0 Å². The van der Waals surface area contributed by atoms with E-state index in [1.54, 1.807) is 44.2 Å². The molecule has 8 nitrogen and oxygen atoms in total. The Hall–Kier alpha value is -2.91. The molecule has 9 heteroatoms. The monoisotopic (exact) mass is 445 g/mol. The molecule has 1 saturated heterocycles. The lowest BCUT2D eigenvalue weighted by molar-refractivity contribution is -0.131. The molecule has 2 N–H and O–H groups in total. The predicted molar refractivity (Wildman–Crippen MR) is 117 cm³/mol. The van der Waals surface area contributed by atoms with E-state index >= 15 is 0 Å². The fourth-order valence-corrected chi connectivity index (χ4v) is 4.90. The molecule has 0 aromatic heterocycles. The topological polar surface area (TPSA) is 107 Å². The molecule has 1 heterocycles. The summed E-state index contributed by atoms with van der Waals surface area (Å²) in [6.07, 6.45) is -1.29. The molecule has 3 amide bonds. The fraction of sp³-hybridized carbons (Fsp3) is 0.364. The summed E-state index contributed by atoms with van der Waals surface area (Å²) in [6, 6.07) is 12.7. The molecule has 1 aliphatic heterocycles. The Labute approximate surface area is 182 Å². The molecule has 0 bridgehead atoms. The maximum atomic E-state index is 13.4. The molecule has 3 rings (SSSR count). The number of amides is 3. The molecular formula is C22H27N3O5S. The van der Waals surface area contributed by atoms with E-state index in [1.807, 2.05) is 19.9 Å². The van der Waals surface area contributed by atoms with Gasteiger partial charge in [0.05, 0.1) is 29.8 Å². The summed E-state index contributed by atoms with van der Waals surface area (Å²) in [4.78, 5) is 25.6. The number of hydrogen-bond acceptors (Lipinski definition) is 5. The largest absolute Gasteiger partial charge is 0.389 e. The molecule has 2 aromatic carbocycles. The Balaban J connectivity index is 1.91. The van der Waals surface area contributed by atoms with Crippen molar-refractivity contribution in [1.82, 2.24) is 10.2 Å². The number of imide groups is 1. The minimum absolute atomic E-state index is 0.0860. The lowest BCUT2D eigenvalue weighted by Gasteiger charge is -2.28. The first-order chi connectivity index (χ1) is 14.4.